The number of rotatable bonds is 4. The van der Waals surface area contributed by atoms with Crippen LogP contribution in [0.4, 0.5) is 4.79 Å². The molecule has 0 bridgehead atoms. The Labute approximate surface area is 137 Å². The molecule has 0 spiro atoms. The molecule has 1 aliphatic rings. The van der Waals surface area contributed by atoms with Crippen LogP contribution in [0.5, 0.6) is 0 Å². The van der Waals surface area contributed by atoms with Gasteiger partial charge in [0.2, 0.25) is 0 Å². The third-order valence-electron chi connectivity index (χ3n) is 3.69. The van der Waals surface area contributed by atoms with Gasteiger partial charge in [-0.15, -0.1) is 0 Å². The zero-order valence-electron chi connectivity index (χ0n) is 14.2. The van der Waals surface area contributed by atoms with Crippen LogP contribution in [0, 0.1) is 12.8 Å². The van der Waals surface area contributed by atoms with E-state index in [0.717, 1.165) is 18.4 Å². The summed E-state index contributed by atoms with van der Waals surface area (Å²) >= 11 is 0. The molecule has 0 aliphatic heterocycles. The minimum absolute atomic E-state index is 0.0609. The standard InChI is InChI=1S/C18H25NO4/c1-12-5-7-14(8-6-12)16(20)22-15-9-13(10-15)11-19-17(21)23-18(2,3)4/h5-8,13,15H,9-11H2,1-4H3,(H,19,21). The van der Waals surface area contributed by atoms with Gasteiger partial charge in [0.1, 0.15) is 11.7 Å². The van der Waals surface area contributed by atoms with Gasteiger partial charge in [-0.1, -0.05) is 17.7 Å². The van der Waals surface area contributed by atoms with Crippen molar-refractivity contribution in [2.45, 2.75) is 52.2 Å². The van der Waals surface area contributed by atoms with Gasteiger partial charge in [0.25, 0.3) is 0 Å². The van der Waals surface area contributed by atoms with Gasteiger partial charge in [0.05, 0.1) is 5.56 Å². The number of alkyl carbamates (subject to hydrolysis) is 1. The minimum Gasteiger partial charge on any atom is -0.459 e. The number of hydrogen-bond donors (Lipinski definition) is 1. The van der Waals surface area contributed by atoms with Crippen molar-refractivity contribution in [3.8, 4) is 0 Å². The highest BCUT2D eigenvalue weighted by molar-refractivity contribution is 5.89. The average molecular weight is 319 g/mol. The van der Waals surface area contributed by atoms with Gasteiger partial charge < -0.3 is 14.8 Å². The number of hydrogen-bond acceptors (Lipinski definition) is 4. The zero-order valence-corrected chi connectivity index (χ0v) is 14.2. The molecule has 0 heterocycles. The Hall–Kier alpha value is -2.04. The number of ether oxygens (including phenoxy) is 2. The lowest BCUT2D eigenvalue weighted by Gasteiger charge is -2.34. The molecule has 0 atom stereocenters. The molecule has 5 heteroatoms. The molecular weight excluding hydrogens is 294 g/mol. The molecule has 126 valence electrons. The van der Waals surface area contributed by atoms with Crippen LogP contribution in [0.3, 0.4) is 0 Å². The average Bonchev–Trinajstić information content (AvgIpc) is 2.39. The minimum atomic E-state index is -0.490. The first-order valence-electron chi connectivity index (χ1n) is 7.97. The summed E-state index contributed by atoms with van der Waals surface area (Å²) in [5.41, 5.74) is 1.19. The molecule has 1 aromatic carbocycles. The van der Waals surface area contributed by atoms with Crippen LogP contribution >= 0.6 is 0 Å². The lowest BCUT2D eigenvalue weighted by atomic mass is 9.82. The molecule has 1 amide bonds. The fraction of sp³-hybridized carbons (Fsp3) is 0.556. The number of carbonyl (C=O) groups excluding carboxylic acids is 2. The molecule has 0 radical (unpaired) electrons. The van der Waals surface area contributed by atoms with Crippen molar-refractivity contribution < 1.29 is 19.1 Å². The number of carbonyl (C=O) groups is 2. The van der Waals surface area contributed by atoms with E-state index in [0.29, 0.717) is 18.0 Å². The van der Waals surface area contributed by atoms with Crippen molar-refractivity contribution in [3.05, 3.63) is 35.4 Å². The highest BCUT2D eigenvalue weighted by Gasteiger charge is 2.32. The lowest BCUT2D eigenvalue weighted by Crippen LogP contribution is -2.42. The topological polar surface area (TPSA) is 64.6 Å². The van der Waals surface area contributed by atoms with Crippen molar-refractivity contribution in [2.24, 2.45) is 5.92 Å². The molecule has 2 rings (SSSR count). The summed E-state index contributed by atoms with van der Waals surface area (Å²) in [5.74, 6) is 0.0480. The van der Waals surface area contributed by atoms with E-state index in [-0.39, 0.29) is 12.1 Å². The monoisotopic (exact) mass is 319 g/mol. The predicted molar refractivity (Wildman–Crippen MR) is 87.3 cm³/mol. The molecule has 5 nitrogen and oxygen atoms in total. The SMILES string of the molecule is Cc1ccc(C(=O)OC2CC(CNC(=O)OC(C)(C)C)C2)cc1. The van der Waals surface area contributed by atoms with Crippen LogP contribution in [0.2, 0.25) is 0 Å². The molecule has 1 N–H and O–H groups in total. The fourth-order valence-corrected chi connectivity index (χ4v) is 2.39. The largest absolute Gasteiger partial charge is 0.459 e. The van der Waals surface area contributed by atoms with Crippen molar-refractivity contribution in [1.29, 1.82) is 0 Å². The van der Waals surface area contributed by atoms with Gasteiger partial charge in [-0.25, -0.2) is 9.59 Å². The molecular formula is C18H25NO4. The van der Waals surface area contributed by atoms with E-state index in [2.05, 4.69) is 5.32 Å². The van der Waals surface area contributed by atoms with Gasteiger partial charge in [-0.2, -0.15) is 0 Å². The van der Waals surface area contributed by atoms with E-state index < -0.39 is 11.7 Å². The van der Waals surface area contributed by atoms with Crippen LogP contribution in [0.1, 0.15) is 49.5 Å². The Morgan fingerprint density at radius 2 is 1.78 bits per heavy atom. The summed E-state index contributed by atoms with van der Waals surface area (Å²) in [6.07, 6.45) is 1.08. The molecule has 0 unspecified atom stereocenters. The maximum absolute atomic E-state index is 12.0. The Bertz CT molecular complexity index is 553. The van der Waals surface area contributed by atoms with E-state index in [1.807, 2.05) is 39.8 Å². The van der Waals surface area contributed by atoms with Crippen molar-refractivity contribution in [2.75, 3.05) is 6.54 Å². The molecule has 0 saturated heterocycles. The Balaban J connectivity index is 1.66. The Kier molecular flexibility index (Phi) is 5.29. The molecule has 1 saturated carbocycles. The number of amides is 1. The van der Waals surface area contributed by atoms with Crippen LogP contribution in [-0.4, -0.2) is 30.3 Å². The molecule has 23 heavy (non-hydrogen) atoms. The Morgan fingerprint density at radius 3 is 2.35 bits per heavy atom. The third kappa shape index (κ3) is 5.58. The summed E-state index contributed by atoms with van der Waals surface area (Å²) in [7, 11) is 0. The smallest absolute Gasteiger partial charge is 0.407 e. The van der Waals surface area contributed by atoms with Crippen molar-refractivity contribution in [3.63, 3.8) is 0 Å². The van der Waals surface area contributed by atoms with Crippen molar-refractivity contribution >= 4 is 12.1 Å². The number of benzene rings is 1. The second-order valence-electron chi connectivity index (χ2n) is 7.11. The van der Waals surface area contributed by atoms with Crippen LogP contribution in [0.15, 0.2) is 24.3 Å². The maximum atomic E-state index is 12.0. The summed E-state index contributed by atoms with van der Waals surface area (Å²) in [4.78, 5) is 23.5. The molecule has 0 aromatic heterocycles. The zero-order chi connectivity index (χ0) is 17.0. The van der Waals surface area contributed by atoms with Gasteiger partial charge >= 0.3 is 12.1 Å². The molecule has 1 fully saturated rings. The third-order valence-corrected chi connectivity index (χ3v) is 3.69. The fourth-order valence-electron chi connectivity index (χ4n) is 2.39. The van der Waals surface area contributed by atoms with Crippen LogP contribution in [0.25, 0.3) is 0 Å². The summed E-state index contributed by atoms with van der Waals surface area (Å²) < 4.78 is 10.6. The van der Waals surface area contributed by atoms with E-state index >= 15 is 0 Å². The van der Waals surface area contributed by atoms with E-state index in [9.17, 15) is 9.59 Å². The summed E-state index contributed by atoms with van der Waals surface area (Å²) in [6.45, 7) is 8.01. The van der Waals surface area contributed by atoms with E-state index in [1.165, 1.54) is 0 Å². The quantitative estimate of drug-likeness (QED) is 0.863. The first-order valence-corrected chi connectivity index (χ1v) is 7.97. The van der Waals surface area contributed by atoms with Gasteiger partial charge in [-0.05, 0) is 58.6 Å². The molecule has 1 aromatic rings. The maximum Gasteiger partial charge on any atom is 0.407 e. The molecule has 1 aliphatic carbocycles. The Morgan fingerprint density at radius 1 is 1.17 bits per heavy atom. The first kappa shape index (κ1) is 17.3. The van der Waals surface area contributed by atoms with E-state index in [1.54, 1.807) is 12.1 Å². The highest BCUT2D eigenvalue weighted by Crippen LogP contribution is 2.30. The predicted octanol–water partition coefficient (Wildman–Crippen LogP) is 3.46. The van der Waals surface area contributed by atoms with Gasteiger partial charge in [0.15, 0.2) is 0 Å². The first-order chi connectivity index (χ1) is 10.7. The number of aryl methyl sites for hydroxylation is 1. The number of nitrogens with one attached hydrogen (secondary N) is 1. The normalized spacial score (nSPS) is 20.3. The van der Waals surface area contributed by atoms with Crippen LogP contribution in [-0.2, 0) is 9.47 Å². The van der Waals surface area contributed by atoms with E-state index in [4.69, 9.17) is 9.47 Å². The van der Waals surface area contributed by atoms with Gasteiger partial charge in [0, 0.05) is 6.54 Å². The van der Waals surface area contributed by atoms with Crippen molar-refractivity contribution in [1.82, 2.24) is 5.32 Å². The lowest BCUT2D eigenvalue weighted by molar-refractivity contribution is -0.0118. The summed E-state index contributed by atoms with van der Waals surface area (Å²) in [6, 6.07) is 7.34. The number of esters is 1. The van der Waals surface area contributed by atoms with Gasteiger partial charge in [-0.3, -0.25) is 0 Å². The van der Waals surface area contributed by atoms with Crippen LogP contribution < -0.4 is 5.32 Å². The second kappa shape index (κ2) is 7.02. The second-order valence-corrected chi connectivity index (χ2v) is 7.11. The highest BCUT2D eigenvalue weighted by atomic mass is 16.6. The summed E-state index contributed by atoms with van der Waals surface area (Å²) in [5, 5.41) is 2.75.